The first-order chi connectivity index (χ1) is 9.06. The normalized spacial score (nSPS) is 12.4. The van der Waals surface area contributed by atoms with Gasteiger partial charge in [-0.2, -0.15) is 0 Å². The van der Waals surface area contributed by atoms with Crippen LogP contribution in [-0.4, -0.2) is 11.3 Å². The summed E-state index contributed by atoms with van der Waals surface area (Å²) in [7, 11) is 1.37. The van der Waals surface area contributed by atoms with E-state index in [0.29, 0.717) is 16.0 Å². The van der Waals surface area contributed by atoms with Gasteiger partial charge in [-0.3, -0.25) is 4.18 Å². The molecule has 0 saturated carbocycles. The van der Waals surface area contributed by atoms with Crippen molar-refractivity contribution >= 4 is 11.1 Å². The number of rotatable bonds is 3. The highest BCUT2D eigenvalue weighted by molar-refractivity contribution is 7.80. The quantitative estimate of drug-likeness (QED) is 0.854. The maximum absolute atomic E-state index is 14.0. The summed E-state index contributed by atoms with van der Waals surface area (Å²) in [5.74, 6) is -0.328. The molecule has 2 nitrogen and oxygen atoms in total. The van der Waals surface area contributed by atoms with Crippen molar-refractivity contribution in [2.24, 2.45) is 0 Å². The van der Waals surface area contributed by atoms with Gasteiger partial charge in [-0.15, -0.1) is 0 Å². The second-order valence-corrected chi connectivity index (χ2v) is 5.50. The molecule has 0 aromatic heterocycles. The molecule has 0 radical (unpaired) electrons. The summed E-state index contributed by atoms with van der Waals surface area (Å²) in [6, 6.07) is 10.1. The molecule has 0 aliphatic carbocycles. The van der Waals surface area contributed by atoms with E-state index in [1.165, 1.54) is 13.2 Å². The van der Waals surface area contributed by atoms with Crippen molar-refractivity contribution in [3.05, 3.63) is 53.3 Å². The Kier molecular flexibility index (Phi) is 4.12. The summed E-state index contributed by atoms with van der Waals surface area (Å²) >= 11 is -1.60. The maximum atomic E-state index is 14.0. The van der Waals surface area contributed by atoms with Gasteiger partial charge in [-0.25, -0.2) is 8.60 Å². The van der Waals surface area contributed by atoms with Crippen molar-refractivity contribution in [2.75, 3.05) is 7.11 Å². The van der Waals surface area contributed by atoms with Crippen molar-refractivity contribution in [1.82, 2.24) is 0 Å². The van der Waals surface area contributed by atoms with Crippen molar-refractivity contribution in [1.29, 1.82) is 0 Å². The summed E-state index contributed by atoms with van der Waals surface area (Å²) in [5, 5.41) is 0. The first-order valence-electron chi connectivity index (χ1n) is 5.87. The minimum Gasteiger partial charge on any atom is -0.290 e. The second-order valence-electron chi connectivity index (χ2n) is 4.26. The van der Waals surface area contributed by atoms with Crippen LogP contribution in [0.15, 0.2) is 41.3 Å². The van der Waals surface area contributed by atoms with Gasteiger partial charge in [0.1, 0.15) is 5.82 Å². The molecule has 0 bridgehead atoms. The van der Waals surface area contributed by atoms with Gasteiger partial charge in [-0.1, -0.05) is 24.3 Å². The number of hydrogen-bond acceptors (Lipinski definition) is 2. The van der Waals surface area contributed by atoms with Gasteiger partial charge in [0.15, 0.2) is 11.1 Å². The molecule has 1 atom stereocenters. The van der Waals surface area contributed by atoms with Crippen molar-refractivity contribution in [3.63, 3.8) is 0 Å². The molecule has 0 aliphatic heterocycles. The molecule has 2 aromatic rings. The lowest BCUT2D eigenvalue weighted by Crippen LogP contribution is -2.01. The van der Waals surface area contributed by atoms with Crippen molar-refractivity contribution in [2.45, 2.75) is 18.7 Å². The molecule has 2 aromatic carbocycles. The summed E-state index contributed by atoms with van der Waals surface area (Å²) in [4.78, 5) is 0.496. The molecule has 4 heteroatoms. The summed E-state index contributed by atoms with van der Waals surface area (Å²) < 4.78 is 30.8. The first kappa shape index (κ1) is 13.9. The van der Waals surface area contributed by atoms with Gasteiger partial charge in [-0.05, 0) is 37.1 Å². The van der Waals surface area contributed by atoms with Crippen LogP contribution in [0.3, 0.4) is 0 Å². The Labute approximate surface area is 114 Å². The molecule has 0 fully saturated rings. The topological polar surface area (TPSA) is 26.3 Å². The fraction of sp³-hybridized carbons (Fsp3) is 0.200. The zero-order valence-corrected chi connectivity index (χ0v) is 11.9. The van der Waals surface area contributed by atoms with Gasteiger partial charge in [0.25, 0.3) is 0 Å². The lowest BCUT2D eigenvalue weighted by molar-refractivity contribution is 0.446. The highest BCUT2D eigenvalue weighted by atomic mass is 32.2. The number of halogens is 1. The van der Waals surface area contributed by atoms with E-state index < -0.39 is 11.1 Å². The Hall–Kier alpha value is -1.52. The van der Waals surface area contributed by atoms with Crippen LogP contribution in [0.1, 0.15) is 11.1 Å². The first-order valence-corrected chi connectivity index (χ1v) is 6.95. The number of benzene rings is 2. The van der Waals surface area contributed by atoms with Crippen LogP contribution in [0.2, 0.25) is 0 Å². The Morgan fingerprint density at radius 3 is 2.42 bits per heavy atom. The molecule has 100 valence electrons. The lowest BCUT2D eigenvalue weighted by atomic mass is 9.96. The van der Waals surface area contributed by atoms with Gasteiger partial charge < -0.3 is 0 Å². The monoisotopic (exact) mass is 278 g/mol. The van der Waals surface area contributed by atoms with Crippen LogP contribution in [0.25, 0.3) is 11.1 Å². The smallest absolute Gasteiger partial charge is 0.189 e. The summed E-state index contributed by atoms with van der Waals surface area (Å²) in [6.07, 6.45) is 0. The third-order valence-electron chi connectivity index (χ3n) is 3.17. The molecule has 0 spiro atoms. The molecule has 19 heavy (non-hydrogen) atoms. The lowest BCUT2D eigenvalue weighted by Gasteiger charge is -2.14. The predicted molar refractivity (Wildman–Crippen MR) is 74.7 cm³/mol. The van der Waals surface area contributed by atoms with Gasteiger partial charge >= 0.3 is 0 Å². The van der Waals surface area contributed by atoms with Crippen LogP contribution in [0.5, 0.6) is 0 Å². The van der Waals surface area contributed by atoms with Crippen LogP contribution in [-0.2, 0) is 15.3 Å². The van der Waals surface area contributed by atoms with Crippen molar-refractivity contribution in [3.8, 4) is 11.1 Å². The molecular formula is C15H15FO2S. The fourth-order valence-corrected chi connectivity index (χ4v) is 2.81. The Bertz CT molecular complexity index is 638. The highest BCUT2D eigenvalue weighted by Gasteiger charge is 2.17. The van der Waals surface area contributed by atoms with Crippen LogP contribution >= 0.6 is 0 Å². The van der Waals surface area contributed by atoms with Crippen LogP contribution in [0.4, 0.5) is 4.39 Å². The summed E-state index contributed by atoms with van der Waals surface area (Å²) in [6.45, 7) is 3.84. The molecule has 0 aliphatic rings. The van der Waals surface area contributed by atoms with E-state index >= 15 is 0 Å². The highest BCUT2D eigenvalue weighted by Crippen LogP contribution is 2.33. The molecule has 0 amide bonds. The minimum absolute atomic E-state index is 0.328. The average molecular weight is 278 g/mol. The molecule has 1 unspecified atom stereocenters. The second kappa shape index (κ2) is 5.63. The zero-order chi connectivity index (χ0) is 14.0. The Morgan fingerprint density at radius 2 is 1.79 bits per heavy atom. The molecule has 0 saturated heterocycles. The largest absolute Gasteiger partial charge is 0.290 e. The van der Waals surface area contributed by atoms with E-state index in [2.05, 4.69) is 0 Å². The van der Waals surface area contributed by atoms with E-state index in [1.54, 1.807) is 24.3 Å². The zero-order valence-electron chi connectivity index (χ0n) is 11.1. The molecular weight excluding hydrogens is 263 g/mol. The van der Waals surface area contributed by atoms with E-state index in [9.17, 15) is 8.60 Å². The maximum Gasteiger partial charge on any atom is 0.189 e. The standard InChI is InChI=1S/C15H15FO2S/c1-10-8-9-14(19(17)18-3)15(11(10)2)12-6-4-5-7-13(12)16/h4-9H,1-3H3. The van der Waals surface area contributed by atoms with Gasteiger partial charge in [0.2, 0.25) is 0 Å². The summed E-state index contributed by atoms with van der Waals surface area (Å²) in [5.41, 5.74) is 3.03. The van der Waals surface area contributed by atoms with Gasteiger partial charge in [0.05, 0.1) is 12.0 Å². The average Bonchev–Trinajstić information content (AvgIpc) is 2.42. The Morgan fingerprint density at radius 1 is 1.11 bits per heavy atom. The molecule has 2 rings (SSSR count). The van der Waals surface area contributed by atoms with Crippen LogP contribution in [0, 0.1) is 19.7 Å². The van der Waals surface area contributed by atoms with E-state index in [-0.39, 0.29) is 5.82 Å². The Balaban J connectivity index is 2.77. The van der Waals surface area contributed by atoms with E-state index in [0.717, 1.165) is 11.1 Å². The van der Waals surface area contributed by atoms with Crippen LogP contribution < -0.4 is 0 Å². The van der Waals surface area contributed by atoms with Gasteiger partial charge in [0, 0.05) is 11.1 Å². The predicted octanol–water partition coefficient (Wildman–Crippen LogP) is 3.78. The number of aryl methyl sites for hydroxylation is 1. The third-order valence-corrected chi connectivity index (χ3v) is 4.17. The molecule has 0 heterocycles. The fourth-order valence-electron chi connectivity index (χ4n) is 2.02. The van der Waals surface area contributed by atoms with E-state index in [1.807, 2.05) is 19.9 Å². The third kappa shape index (κ3) is 2.60. The minimum atomic E-state index is -1.60. The van der Waals surface area contributed by atoms with E-state index in [4.69, 9.17) is 4.18 Å². The van der Waals surface area contributed by atoms with Crippen molar-refractivity contribution < 1.29 is 12.8 Å². The molecule has 0 N–H and O–H groups in total. The number of hydrogen-bond donors (Lipinski definition) is 0. The SMILES string of the molecule is COS(=O)c1ccc(C)c(C)c1-c1ccccc1F.